The van der Waals surface area contributed by atoms with E-state index in [0.717, 1.165) is 15.4 Å². The number of rotatable bonds is 3. The van der Waals surface area contributed by atoms with Gasteiger partial charge in [0.1, 0.15) is 5.58 Å². The van der Waals surface area contributed by atoms with E-state index in [0.29, 0.717) is 5.58 Å². The largest absolute Gasteiger partial charge is 0.451 e. The molecule has 21 heavy (non-hydrogen) atoms. The number of ketones is 1. The van der Waals surface area contributed by atoms with Gasteiger partial charge >= 0.3 is 0 Å². The molecule has 0 unspecified atom stereocenters. The van der Waals surface area contributed by atoms with Crippen LogP contribution in [-0.4, -0.2) is 18.2 Å². The van der Waals surface area contributed by atoms with Crippen molar-refractivity contribution in [3.05, 3.63) is 34.0 Å². The van der Waals surface area contributed by atoms with Crippen molar-refractivity contribution < 1.29 is 14.0 Å². The molecular weight excluding hydrogens is 334 g/mol. The minimum atomic E-state index is -0.471. The maximum atomic E-state index is 12.2. The predicted octanol–water partition coefficient (Wildman–Crippen LogP) is 3.85. The van der Waals surface area contributed by atoms with Crippen LogP contribution in [0.5, 0.6) is 0 Å². The fraction of sp³-hybridized carbons (Fsp3) is 0.375. The fourth-order valence-electron chi connectivity index (χ4n) is 1.92. The Hall–Kier alpha value is -1.62. The Morgan fingerprint density at radius 2 is 1.95 bits per heavy atom. The fourth-order valence-corrected chi connectivity index (χ4v) is 2.26. The normalized spacial score (nSPS) is 11.7. The molecule has 0 atom stereocenters. The SMILES string of the molecule is Cc1c(C(=O)NCC(=O)C(C)(C)C)oc2cc(Br)ccc12. The van der Waals surface area contributed by atoms with Crippen molar-refractivity contribution in [1.82, 2.24) is 5.32 Å². The average molecular weight is 352 g/mol. The first-order chi connectivity index (χ1) is 9.70. The molecule has 1 amide bonds. The molecule has 0 saturated carbocycles. The van der Waals surface area contributed by atoms with Crippen LogP contribution >= 0.6 is 15.9 Å². The van der Waals surface area contributed by atoms with Gasteiger partial charge in [0.05, 0.1) is 6.54 Å². The number of hydrogen-bond acceptors (Lipinski definition) is 3. The molecule has 0 aliphatic rings. The number of hydrogen-bond donors (Lipinski definition) is 1. The first-order valence-electron chi connectivity index (χ1n) is 6.70. The number of Topliss-reactive ketones (excluding diaryl/α,β-unsaturated/α-hetero) is 1. The number of aryl methyl sites for hydroxylation is 1. The third-order valence-electron chi connectivity index (χ3n) is 3.35. The van der Waals surface area contributed by atoms with Crippen molar-refractivity contribution in [3.8, 4) is 0 Å². The number of benzene rings is 1. The van der Waals surface area contributed by atoms with Gasteiger partial charge < -0.3 is 9.73 Å². The summed E-state index contributed by atoms with van der Waals surface area (Å²) in [7, 11) is 0. The van der Waals surface area contributed by atoms with Crippen LogP contribution in [0.15, 0.2) is 27.1 Å². The lowest BCUT2D eigenvalue weighted by Gasteiger charge is -2.16. The second kappa shape index (κ2) is 5.64. The maximum Gasteiger partial charge on any atom is 0.287 e. The highest BCUT2D eigenvalue weighted by molar-refractivity contribution is 9.10. The van der Waals surface area contributed by atoms with Crippen molar-refractivity contribution in [3.63, 3.8) is 0 Å². The van der Waals surface area contributed by atoms with Gasteiger partial charge in [-0.1, -0.05) is 36.7 Å². The molecule has 4 nitrogen and oxygen atoms in total. The molecule has 1 heterocycles. The highest BCUT2D eigenvalue weighted by Gasteiger charge is 2.23. The summed E-state index contributed by atoms with van der Waals surface area (Å²) in [6.07, 6.45) is 0. The molecule has 1 N–H and O–H groups in total. The summed E-state index contributed by atoms with van der Waals surface area (Å²) in [4.78, 5) is 24.0. The number of carbonyl (C=O) groups is 2. The minimum Gasteiger partial charge on any atom is -0.451 e. The molecule has 0 bridgehead atoms. The van der Waals surface area contributed by atoms with Crippen LogP contribution in [0.4, 0.5) is 0 Å². The maximum absolute atomic E-state index is 12.2. The van der Waals surface area contributed by atoms with Crippen LogP contribution < -0.4 is 5.32 Å². The standard InChI is InChI=1S/C16H18BrNO3/c1-9-11-6-5-10(17)7-12(11)21-14(9)15(20)18-8-13(19)16(2,3)4/h5-7H,8H2,1-4H3,(H,18,20). The summed E-state index contributed by atoms with van der Waals surface area (Å²) in [5, 5.41) is 3.52. The number of halogens is 1. The van der Waals surface area contributed by atoms with Gasteiger partial charge in [-0.05, 0) is 25.1 Å². The van der Waals surface area contributed by atoms with Crippen molar-refractivity contribution in [2.45, 2.75) is 27.7 Å². The number of nitrogens with one attached hydrogen (secondary N) is 1. The summed E-state index contributed by atoms with van der Waals surface area (Å²) in [5.41, 5.74) is 0.952. The van der Waals surface area contributed by atoms with Crippen LogP contribution in [0, 0.1) is 12.3 Å². The molecule has 0 radical (unpaired) electrons. The van der Waals surface area contributed by atoms with Gasteiger partial charge in [-0.3, -0.25) is 9.59 Å². The topological polar surface area (TPSA) is 59.3 Å². The Balaban J connectivity index is 2.20. The van der Waals surface area contributed by atoms with Crippen LogP contribution in [-0.2, 0) is 4.79 Å². The quantitative estimate of drug-likeness (QED) is 0.913. The molecule has 0 fully saturated rings. The molecule has 2 rings (SSSR count). The van der Waals surface area contributed by atoms with Crippen molar-refractivity contribution >= 4 is 38.6 Å². The van der Waals surface area contributed by atoms with Crippen LogP contribution in [0.2, 0.25) is 0 Å². The zero-order chi connectivity index (χ0) is 15.8. The summed E-state index contributed by atoms with van der Waals surface area (Å²) in [5.74, 6) is -0.130. The molecule has 5 heteroatoms. The molecule has 0 aliphatic carbocycles. The van der Waals surface area contributed by atoms with E-state index in [1.165, 1.54) is 0 Å². The lowest BCUT2D eigenvalue weighted by atomic mass is 9.91. The number of fused-ring (bicyclic) bond motifs is 1. The smallest absolute Gasteiger partial charge is 0.287 e. The Morgan fingerprint density at radius 1 is 1.29 bits per heavy atom. The van der Waals surface area contributed by atoms with Gasteiger partial charge in [-0.25, -0.2) is 0 Å². The second-order valence-corrected chi connectivity index (χ2v) is 6.97. The Labute approximate surface area is 132 Å². The van der Waals surface area contributed by atoms with Crippen molar-refractivity contribution in [1.29, 1.82) is 0 Å². The zero-order valence-corrected chi connectivity index (χ0v) is 14.1. The second-order valence-electron chi connectivity index (χ2n) is 6.05. The van der Waals surface area contributed by atoms with Gasteiger partial charge in [0.25, 0.3) is 5.91 Å². The summed E-state index contributed by atoms with van der Waals surface area (Å²) >= 11 is 3.37. The lowest BCUT2D eigenvalue weighted by molar-refractivity contribution is -0.125. The third-order valence-corrected chi connectivity index (χ3v) is 3.85. The minimum absolute atomic E-state index is 0.00249. The predicted molar refractivity (Wildman–Crippen MR) is 85.4 cm³/mol. The molecular formula is C16H18BrNO3. The van der Waals surface area contributed by atoms with E-state index in [4.69, 9.17) is 4.42 Å². The van der Waals surface area contributed by atoms with Gasteiger partial charge in [0.2, 0.25) is 0 Å². The van der Waals surface area contributed by atoms with Gasteiger partial charge in [-0.2, -0.15) is 0 Å². The van der Waals surface area contributed by atoms with Gasteiger partial charge in [-0.15, -0.1) is 0 Å². The molecule has 0 spiro atoms. The number of furan rings is 1. The Bertz CT molecular complexity index is 710. The Morgan fingerprint density at radius 3 is 2.57 bits per heavy atom. The molecule has 1 aromatic carbocycles. The van der Waals surface area contributed by atoms with E-state index >= 15 is 0 Å². The van der Waals surface area contributed by atoms with Gasteiger partial charge in [0, 0.05) is 20.8 Å². The van der Waals surface area contributed by atoms with E-state index in [1.807, 2.05) is 45.9 Å². The zero-order valence-electron chi connectivity index (χ0n) is 12.5. The monoisotopic (exact) mass is 351 g/mol. The van der Waals surface area contributed by atoms with Gasteiger partial charge in [0.15, 0.2) is 11.5 Å². The first kappa shape index (κ1) is 15.8. The Kier molecular flexibility index (Phi) is 4.23. The molecule has 1 aromatic heterocycles. The first-order valence-corrected chi connectivity index (χ1v) is 7.49. The molecule has 0 saturated heterocycles. The molecule has 2 aromatic rings. The molecule has 112 valence electrons. The highest BCUT2D eigenvalue weighted by atomic mass is 79.9. The third kappa shape index (κ3) is 3.35. The van der Waals surface area contributed by atoms with E-state index in [1.54, 1.807) is 0 Å². The van der Waals surface area contributed by atoms with E-state index in [9.17, 15) is 9.59 Å². The average Bonchev–Trinajstić information content (AvgIpc) is 2.71. The van der Waals surface area contributed by atoms with E-state index < -0.39 is 5.41 Å². The summed E-state index contributed by atoms with van der Waals surface area (Å²) in [6.45, 7) is 7.31. The lowest BCUT2D eigenvalue weighted by Crippen LogP contribution is -2.35. The van der Waals surface area contributed by atoms with Crippen molar-refractivity contribution in [2.75, 3.05) is 6.54 Å². The number of amides is 1. The van der Waals surface area contributed by atoms with Crippen LogP contribution in [0.1, 0.15) is 36.9 Å². The summed E-state index contributed by atoms with van der Waals surface area (Å²) < 4.78 is 6.49. The van der Waals surface area contributed by atoms with E-state index in [-0.39, 0.29) is 24.0 Å². The summed E-state index contributed by atoms with van der Waals surface area (Å²) in [6, 6.07) is 5.62. The number of carbonyl (C=O) groups excluding carboxylic acids is 2. The van der Waals surface area contributed by atoms with Crippen molar-refractivity contribution in [2.24, 2.45) is 5.41 Å². The highest BCUT2D eigenvalue weighted by Crippen LogP contribution is 2.27. The van der Waals surface area contributed by atoms with Crippen LogP contribution in [0.25, 0.3) is 11.0 Å². The van der Waals surface area contributed by atoms with E-state index in [2.05, 4.69) is 21.2 Å². The molecule has 0 aliphatic heterocycles. The van der Waals surface area contributed by atoms with Crippen LogP contribution in [0.3, 0.4) is 0 Å².